The smallest absolute Gasteiger partial charge is 0.151 e. The number of hydrogen-bond donors (Lipinski definition) is 1. The molecule has 0 bridgehead atoms. The van der Waals surface area contributed by atoms with Crippen molar-refractivity contribution in [1.82, 2.24) is 15.4 Å². The Morgan fingerprint density at radius 3 is 3.15 bits per heavy atom. The van der Waals surface area contributed by atoms with Crippen LogP contribution >= 0.6 is 0 Å². The van der Waals surface area contributed by atoms with E-state index in [1.54, 1.807) is 0 Å². The molecule has 0 aliphatic carbocycles. The van der Waals surface area contributed by atoms with Crippen molar-refractivity contribution < 1.29 is 9.26 Å². The van der Waals surface area contributed by atoms with E-state index >= 15 is 0 Å². The van der Waals surface area contributed by atoms with Crippen LogP contribution in [0.25, 0.3) is 0 Å². The lowest BCUT2D eigenvalue weighted by atomic mass is 10.0. The van der Waals surface area contributed by atoms with Gasteiger partial charge in [0.05, 0.1) is 18.8 Å². The van der Waals surface area contributed by atoms with Crippen LogP contribution in [0.3, 0.4) is 0 Å². The topological polar surface area (TPSA) is 50.5 Å². The molecule has 1 aromatic rings. The van der Waals surface area contributed by atoms with Gasteiger partial charge in [0, 0.05) is 25.8 Å². The van der Waals surface area contributed by atoms with E-state index in [9.17, 15) is 0 Å². The second-order valence-corrected chi connectivity index (χ2v) is 5.74. The largest absolute Gasteiger partial charge is 0.381 e. The highest BCUT2D eigenvalue weighted by Gasteiger charge is 2.16. The number of hydrogen-bond acceptors (Lipinski definition) is 5. The fraction of sp³-hybridized carbons (Fsp3) is 0.800. The molecule has 0 amide bonds. The quantitative estimate of drug-likeness (QED) is 0.739. The van der Waals surface area contributed by atoms with Gasteiger partial charge in [0.2, 0.25) is 0 Å². The van der Waals surface area contributed by atoms with Crippen LogP contribution in [0.15, 0.2) is 10.6 Å². The molecule has 1 fully saturated rings. The highest BCUT2D eigenvalue weighted by atomic mass is 16.5. The van der Waals surface area contributed by atoms with Gasteiger partial charge in [-0.3, -0.25) is 4.90 Å². The number of rotatable bonds is 8. The van der Waals surface area contributed by atoms with Crippen molar-refractivity contribution in [3.8, 4) is 0 Å². The van der Waals surface area contributed by atoms with E-state index in [-0.39, 0.29) is 0 Å². The molecule has 1 saturated heterocycles. The molecule has 20 heavy (non-hydrogen) atoms. The summed E-state index contributed by atoms with van der Waals surface area (Å²) in [6.45, 7) is 7.66. The van der Waals surface area contributed by atoms with Gasteiger partial charge >= 0.3 is 0 Å². The summed E-state index contributed by atoms with van der Waals surface area (Å²) in [6.07, 6.45) is 3.60. The molecule has 2 heterocycles. The highest BCUT2D eigenvalue weighted by molar-refractivity contribution is 5.05. The fourth-order valence-corrected chi connectivity index (χ4v) is 2.63. The second-order valence-electron chi connectivity index (χ2n) is 5.74. The average molecular weight is 281 g/mol. The van der Waals surface area contributed by atoms with E-state index in [1.165, 1.54) is 12.8 Å². The Morgan fingerprint density at radius 2 is 2.40 bits per heavy atom. The molecule has 5 heteroatoms. The average Bonchev–Trinajstić information content (AvgIpc) is 2.87. The molecule has 1 atom stereocenters. The fourth-order valence-electron chi connectivity index (χ4n) is 2.63. The molecule has 0 saturated carbocycles. The maximum absolute atomic E-state index is 5.52. The third-order valence-corrected chi connectivity index (χ3v) is 3.59. The maximum Gasteiger partial charge on any atom is 0.151 e. The van der Waals surface area contributed by atoms with Gasteiger partial charge in [0.25, 0.3) is 0 Å². The summed E-state index contributed by atoms with van der Waals surface area (Å²) >= 11 is 0. The molecule has 1 aliphatic rings. The molecule has 114 valence electrons. The van der Waals surface area contributed by atoms with Crippen LogP contribution < -0.4 is 5.32 Å². The van der Waals surface area contributed by atoms with E-state index in [0.29, 0.717) is 5.92 Å². The van der Waals surface area contributed by atoms with Crippen LogP contribution in [-0.2, 0) is 17.8 Å². The van der Waals surface area contributed by atoms with Gasteiger partial charge < -0.3 is 14.6 Å². The van der Waals surface area contributed by atoms with Crippen molar-refractivity contribution in [2.45, 2.75) is 39.3 Å². The minimum absolute atomic E-state index is 0.655. The first-order valence-corrected chi connectivity index (χ1v) is 7.69. The van der Waals surface area contributed by atoms with Gasteiger partial charge in [-0.1, -0.05) is 12.1 Å². The minimum Gasteiger partial charge on any atom is -0.381 e. The zero-order valence-electron chi connectivity index (χ0n) is 12.7. The predicted octanol–water partition coefficient (Wildman–Crippen LogP) is 2.03. The Labute approximate surface area is 121 Å². The number of ether oxygens (including phenoxy) is 1. The first-order valence-electron chi connectivity index (χ1n) is 7.69. The van der Waals surface area contributed by atoms with E-state index in [2.05, 4.69) is 35.4 Å². The summed E-state index contributed by atoms with van der Waals surface area (Å²) in [5.74, 6) is 1.60. The lowest BCUT2D eigenvalue weighted by molar-refractivity contribution is 0.0401. The Kier molecular flexibility index (Phi) is 6.50. The summed E-state index contributed by atoms with van der Waals surface area (Å²) in [6, 6.07) is 2.05. The Bertz CT molecular complexity index is 375. The predicted molar refractivity (Wildman–Crippen MR) is 78.4 cm³/mol. The molecule has 5 nitrogen and oxygen atoms in total. The normalized spacial score (nSPS) is 19.6. The van der Waals surface area contributed by atoms with Crippen LogP contribution in [-0.4, -0.2) is 43.4 Å². The van der Waals surface area contributed by atoms with Crippen molar-refractivity contribution >= 4 is 0 Å². The highest BCUT2D eigenvalue weighted by Crippen LogP contribution is 2.15. The standard InChI is InChI=1S/C15H27N3O2/c1-3-6-16-9-14-8-15(20-17-14)11-18(2)10-13-5-4-7-19-12-13/h8,13,16H,3-7,9-12H2,1-2H3. The van der Waals surface area contributed by atoms with Crippen molar-refractivity contribution in [3.05, 3.63) is 17.5 Å². The van der Waals surface area contributed by atoms with Gasteiger partial charge in [-0.25, -0.2) is 0 Å². The molecule has 0 spiro atoms. The molecule has 1 N–H and O–H groups in total. The van der Waals surface area contributed by atoms with Crippen molar-refractivity contribution in [1.29, 1.82) is 0 Å². The van der Waals surface area contributed by atoms with Crippen LogP contribution in [0, 0.1) is 5.92 Å². The molecule has 1 unspecified atom stereocenters. The molecule has 0 aromatic carbocycles. The van der Waals surface area contributed by atoms with Crippen molar-refractivity contribution in [2.24, 2.45) is 5.92 Å². The number of nitrogens with zero attached hydrogens (tertiary/aromatic N) is 2. The van der Waals surface area contributed by atoms with E-state index in [1.807, 2.05) is 0 Å². The summed E-state index contributed by atoms with van der Waals surface area (Å²) in [4.78, 5) is 2.29. The summed E-state index contributed by atoms with van der Waals surface area (Å²) in [5, 5.41) is 7.43. The number of nitrogens with one attached hydrogen (secondary N) is 1. The van der Waals surface area contributed by atoms with Gasteiger partial charge in [-0.15, -0.1) is 0 Å². The maximum atomic E-state index is 5.52. The molecular formula is C15H27N3O2. The zero-order valence-corrected chi connectivity index (χ0v) is 12.7. The first kappa shape index (κ1) is 15.5. The van der Waals surface area contributed by atoms with Crippen LogP contribution in [0.4, 0.5) is 0 Å². The molecule has 0 radical (unpaired) electrons. The summed E-state index contributed by atoms with van der Waals surface area (Å²) < 4.78 is 10.9. The monoisotopic (exact) mass is 281 g/mol. The van der Waals surface area contributed by atoms with Gasteiger partial charge in [0.1, 0.15) is 0 Å². The Morgan fingerprint density at radius 1 is 1.50 bits per heavy atom. The third-order valence-electron chi connectivity index (χ3n) is 3.59. The van der Waals surface area contributed by atoms with E-state index in [4.69, 9.17) is 9.26 Å². The Hall–Kier alpha value is -0.910. The SMILES string of the molecule is CCCNCc1cc(CN(C)CC2CCCOC2)on1. The van der Waals surface area contributed by atoms with Gasteiger partial charge in [-0.05, 0) is 38.8 Å². The summed E-state index contributed by atoms with van der Waals surface area (Å²) in [7, 11) is 2.13. The lowest BCUT2D eigenvalue weighted by Gasteiger charge is -2.26. The molecule has 1 aliphatic heterocycles. The zero-order chi connectivity index (χ0) is 14.2. The van der Waals surface area contributed by atoms with Crippen molar-refractivity contribution in [2.75, 3.05) is 33.4 Å². The number of aromatic nitrogens is 1. The lowest BCUT2D eigenvalue weighted by Crippen LogP contribution is -2.30. The first-order chi connectivity index (χ1) is 9.78. The van der Waals surface area contributed by atoms with Gasteiger partial charge in [0.15, 0.2) is 5.76 Å². The Balaban J connectivity index is 1.71. The molecule has 2 rings (SSSR count). The van der Waals surface area contributed by atoms with Crippen LogP contribution in [0.1, 0.15) is 37.6 Å². The van der Waals surface area contributed by atoms with Gasteiger partial charge in [-0.2, -0.15) is 0 Å². The third kappa shape index (κ3) is 5.23. The van der Waals surface area contributed by atoms with E-state index in [0.717, 1.165) is 57.3 Å². The molecular weight excluding hydrogens is 254 g/mol. The van der Waals surface area contributed by atoms with Crippen LogP contribution in [0.5, 0.6) is 0 Å². The summed E-state index contributed by atoms with van der Waals surface area (Å²) in [5.41, 5.74) is 0.989. The van der Waals surface area contributed by atoms with E-state index < -0.39 is 0 Å². The second kappa shape index (κ2) is 8.39. The van der Waals surface area contributed by atoms with Crippen molar-refractivity contribution in [3.63, 3.8) is 0 Å². The minimum atomic E-state index is 0.655. The molecule has 1 aromatic heterocycles. The van der Waals surface area contributed by atoms with Crippen LogP contribution in [0.2, 0.25) is 0 Å².